The van der Waals surface area contributed by atoms with Crippen molar-refractivity contribution in [1.29, 1.82) is 0 Å². The van der Waals surface area contributed by atoms with E-state index in [2.05, 4.69) is 33.0 Å². The molecule has 0 saturated carbocycles. The second kappa shape index (κ2) is 6.40. The Morgan fingerprint density at radius 1 is 1.33 bits per heavy atom. The summed E-state index contributed by atoms with van der Waals surface area (Å²) < 4.78 is 2.91. The first-order chi connectivity index (χ1) is 10.2. The topological polar surface area (TPSA) is 46.9 Å². The molecule has 0 atom stereocenters. The molecule has 0 unspecified atom stereocenters. The Kier molecular flexibility index (Phi) is 4.35. The Hall–Kier alpha value is -1.67. The highest BCUT2D eigenvalue weighted by atomic mass is 127. The lowest BCUT2D eigenvalue weighted by Gasteiger charge is -2.10. The third-order valence-corrected chi connectivity index (χ3v) is 4.80. The van der Waals surface area contributed by atoms with Gasteiger partial charge in [0.2, 0.25) is 0 Å². The van der Waals surface area contributed by atoms with Crippen LogP contribution >= 0.6 is 33.9 Å². The lowest BCUT2D eigenvalue weighted by Crippen LogP contribution is -2.23. The fraction of sp³-hybridized carbons (Fsp3) is 0.0667. The van der Waals surface area contributed by atoms with Crippen LogP contribution in [0.5, 0.6) is 0 Å². The Balaban J connectivity index is 1.75. The molecule has 2 heterocycles. The van der Waals surface area contributed by atoms with Crippen LogP contribution in [0.1, 0.15) is 15.9 Å². The number of halogens is 1. The van der Waals surface area contributed by atoms with Gasteiger partial charge in [0.25, 0.3) is 5.91 Å². The van der Waals surface area contributed by atoms with Crippen molar-refractivity contribution < 1.29 is 4.79 Å². The van der Waals surface area contributed by atoms with Crippen LogP contribution in [-0.2, 0) is 6.54 Å². The second-order valence-corrected chi connectivity index (χ2v) is 7.21. The SMILES string of the molecule is O=C(NCc1ccccc1-n1cccn1)c1csc(I)c1. The smallest absolute Gasteiger partial charge is 0.252 e. The fourth-order valence-electron chi connectivity index (χ4n) is 2.00. The van der Waals surface area contributed by atoms with Crippen LogP contribution in [0.4, 0.5) is 0 Å². The molecule has 106 valence electrons. The summed E-state index contributed by atoms with van der Waals surface area (Å²) in [6.45, 7) is 0.474. The Morgan fingerprint density at radius 2 is 2.19 bits per heavy atom. The minimum absolute atomic E-state index is 0.0514. The van der Waals surface area contributed by atoms with E-state index in [4.69, 9.17) is 0 Å². The van der Waals surface area contributed by atoms with Crippen molar-refractivity contribution in [1.82, 2.24) is 15.1 Å². The maximum atomic E-state index is 12.1. The van der Waals surface area contributed by atoms with Gasteiger partial charge < -0.3 is 5.32 Å². The van der Waals surface area contributed by atoms with Gasteiger partial charge in [-0.15, -0.1) is 11.3 Å². The van der Waals surface area contributed by atoms with Crippen LogP contribution in [-0.4, -0.2) is 15.7 Å². The number of para-hydroxylation sites is 1. The molecule has 6 heteroatoms. The van der Waals surface area contributed by atoms with Crippen molar-refractivity contribution in [3.63, 3.8) is 0 Å². The molecule has 1 amide bonds. The number of aromatic nitrogens is 2. The Labute approximate surface area is 139 Å². The van der Waals surface area contributed by atoms with Crippen LogP contribution in [0.3, 0.4) is 0 Å². The zero-order valence-electron chi connectivity index (χ0n) is 11.0. The van der Waals surface area contributed by atoms with Gasteiger partial charge in [-0.25, -0.2) is 4.68 Å². The molecule has 0 bridgehead atoms. The van der Waals surface area contributed by atoms with Gasteiger partial charge in [0.15, 0.2) is 0 Å². The number of carbonyl (C=O) groups excluding carboxylic acids is 1. The minimum atomic E-state index is -0.0514. The molecule has 0 spiro atoms. The average molecular weight is 409 g/mol. The van der Waals surface area contributed by atoms with Gasteiger partial charge in [-0.2, -0.15) is 5.10 Å². The van der Waals surface area contributed by atoms with Crippen LogP contribution in [0, 0.1) is 2.88 Å². The molecule has 4 nitrogen and oxygen atoms in total. The standard InChI is InChI=1S/C15H12IN3OS/c16-14-8-12(10-21-14)15(20)17-9-11-4-1-2-5-13(11)19-7-3-6-18-19/h1-8,10H,9H2,(H,17,20). The van der Waals surface area contributed by atoms with Gasteiger partial charge >= 0.3 is 0 Å². The molecular weight excluding hydrogens is 397 g/mol. The van der Waals surface area contributed by atoms with Crippen LogP contribution < -0.4 is 5.32 Å². The lowest BCUT2D eigenvalue weighted by atomic mass is 10.1. The largest absolute Gasteiger partial charge is 0.348 e. The van der Waals surface area contributed by atoms with E-state index in [1.165, 1.54) is 0 Å². The molecule has 2 aromatic heterocycles. The first kappa shape index (κ1) is 14.3. The van der Waals surface area contributed by atoms with Crippen molar-refractivity contribution >= 4 is 39.8 Å². The number of hydrogen-bond donors (Lipinski definition) is 1. The summed E-state index contributed by atoms with van der Waals surface area (Å²) in [6, 6.07) is 11.7. The normalized spacial score (nSPS) is 10.5. The molecule has 0 aliphatic carbocycles. The second-order valence-electron chi connectivity index (χ2n) is 4.40. The molecule has 0 aliphatic rings. The maximum absolute atomic E-state index is 12.1. The van der Waals surface area contributed by atoms with Crippen LogP contribution in [0.2, 0.25) is 0 Å². The van der Waals surface area contributed by atoms with Crippen molar-refractivity contribution in [2.45, 2.75) is 6.54 Å². The first-order valence-corrected chi connectivity index (χ1v) is 8.30. The van der Waals surface area contributed by atoms with Crippen LogP contribution in [0.25, 0.3) is 5.69 Å². The number of hydrogen-bond acceptors (Lipinski definition) is 3. The van der Waals surface area contributed by atoms with Crippen molar-refractivity contribution in [2.24, 2.45) is 0 Å². The molecule has 0 saturated heterocycles. The summed E-state index contributed by atoms with van der Waals surface area (Å²) in [5.74, 6) is -0.0514. The quantitative estimate of drug-likeness (QED) is 0.671. The highest BCUT2D eigenvalue weighted by Crippen LogP contribution is 2.17. The molecule has 21 heavy (non-hydrogen) atoms. The van der Waals surface area contributed by atoms with Crippen molar-refractivity contribution in [2.75, 3.05) is 0 Å². The van der Waals surface area contributed by atoms with E-state index in [0.717, 1.165) is 14.1 Å². The lowest BCUT2D eigenvalue weighted by molar-refractivity contribution is 0.0951. The number of benzene rings is 1. The number of nitrogens with zero attached hydrogens (tertiary/aromatic N) is 2. The fourth-order valence-corrected chi connectivity index (χ4v) is 3.33. The molecule has 1 aromatic carbocycles. The summed E-state index contributed by atoms with van der Waals surface area (Å²) in [7, 11) is 0. The highest BCUT2D eigenvalue weighted by Gasteiger charge is 2.09. The molecule has 0 radical (unpaired) electrons. The maximum Gasteiger partial charge on any atom is 0.252 e. The summed E-state index contributed by atoms with van der Waals surface area (Å²) in [5, 5.41) is 9.07. The Morgan fingerprint density at radius 3 is 2.90 bits per heavy atom. The molecule has 3 rings (SSSR count). The molecular formula is C15H12IN3OS. The summed E-state index contributed by atoms with van der Waals surface area (Å²) in [5.41, 5.74) is 2.71. The third kappa shape index (κ3) is 3.33. The van der Waals surface area contributed by atoms with Gasteiger partial charge in [0.05, 0.1) is 14.1 Å². The summed E-state index contributed by atoms with van der Waals surface area (Å²) in [4.78, 5) is 12.1. The minimum Gasteiger partial charge on any atom is -0.348 e. The van der Waals surface area contributed by atoms with Crippen LogP contribution in [0.15, 0.2) is 54.2 Å². The highest BCUT2D eigenvalue weighted by molar-refractivity contribution is 14.1. The number of thiophene rings is 1. The summed E-state index contributed by atoms with van der Waals surface area (Å²) >= 11 is 3.78. The molecule has 3 aromatic rings. The zero-order chi connectivity index (χ0) is 14.7. The van der Waals surface area contributed by atoms with E-state index in [-0.39, 0.29) is 5.91 Å². The predicted octanol–water partition coefficient (Wildman–Crippen LogP) is 3.47. The van der Waals surface area contributed by atoms with E-state index in [0.29, 0.717) is 12.1 Å². The van der Waals surface area contributed by atoms with E-state index in [1.54, 1.807) is 22.2 Å². The zero-order valence-corrected chi connectivity index (χ0v) is 14.0. The average Bonchev–Trinajstić information content (AvgIpc) is 3.16. The first-order valence-electron chi connectivity index (χ1n) is 6.34. The number of nitrogens with one attached hydrogen (secondary N) is 1. The van der Waals surface area contributed by atoms with Gasteiger partial charge in [-0.05, 0) is 46.4 Å². The van der Waals surface area contributed by atoms with E-state index >= 15 is 0 Å². The van der Waals surface area contributed by atoms with E-state index < -0.39 is 0 Å². The molecule has 0 aliphatic heterocycles. The monoisotopic (exact) mass is 409 g/mol. The predicted molar refractivity (Wildman–Crippen MR) is 91.8 cm³/mol. The summed E-state index contributed by atoms with van der Waals surface area (Å²) in [6.07, 6.45) is 3.63. The van der Waals surface area contributed by atoms with Gasteiger partial charge in [-0.1, -0.05) is 18.2 Å². The van der Waals surface area contributed by atoms with Gasteiger partial charge in [0, 0.05) is 24.3 Å². The third-order valence-electron chi connectivity index (χ3n) is 3.01. The van der Waals surface area contributed by atoms with Gasteiger partial charge in [0.1, 0.15) is 0 Å². The van der Waals surface area contributed by atoms with Crippen molar-refractivity contribution in [3.05, 3.63) is 68.2 Å². The number of rotatable bonds is 4. The van der Waals surface area contributed by atoms with Gasteiger partial charge in [-0.3, -0.25) is 4.79 Å². The Bertz CT molecular complexity index is 752. The van der Waals surface area contributed by atoms with Crippen molar-refractivity contribution in [3.8, 4) is 5.69 Å². The number of amides is 1. The van der Waals surface area contributed by atoms with E-state index in [9.17, 15) is 4.79 Å². The van der Waals surface area contributed by atoms with E-state index in [1.807, 2.05) is 48.0 Å². The number of carbonyl (C=O) groups is 1. The molecule has 0 fully saturated rings. The molecule has 1 N–H and O–H groups in total.